The van der Waals surface area contributed by atoms with Crippen molar-refractivity contribution in [2.24, 2.45) is 0 Å². The van der Waals surface area contributed by atoms with Gasteiger partial charge in [0.2, 0.25) is 12.3 Å². The minimum atomic E-state index is -1.35. The number of ether oxygens (including phenoxy) is 1. The van der Waals surface area contributed by atoms with Crippen LogP contribution < -0.4 is 10.6 Å². The fourth-order valence-electron chi connectivity index (χ4n) is 1.21. The van der Waals surface area contributed by atoms with Crippen LogP contribution in [-0.4, -0.2) is 59.9 Å². The Kier molecular flexibility index (Phi) is 9.63. The second-order valence-corrected chi connectivity index (χ2v) is 3.64. The number of methoxy groups -OCH3 is 1. The van der Waals surface area contributed by atoms with Gasteiger partial charge in [-0.25, -0.2) is 0 Å². The van der Waals surface area contributed by atoms with Crippen molar-refractivity contribution in [2.75, 3.05) is 20.3 Å². The van der Waals surface area contributed by atoms with Crippen LogP contribution in [0, 0.1) is 0 Å². The Bertz CT molecular complexity index is 308. The smallest absolute Gasteiger partial charge is 0.320 e. The van der Waals surface area contributed by atoms with Gasteiger partial charge >= 0.3 is 5.97 Å². The number of carbonyl (C=O) groups is 2. The zero-order valence-electron chi connectivity index (χ0n) is 10.7. The van der Waals surface area contributed by atoms with Crippen LogP contribution in [-0.2, 0) is 14.3 Å². The first-order valence-corrected chi connectivity index (χ1v) is 5.76. The van der Waals surface area contributed by atoms with Crippen LogP contribution in [0.5, 0.6) is 0 Å². The van der Waals surface area contributed by atoms with Gasteiger partial charge in [0, 0.05) is 13.7 Å². The molecule has 1 unspecified atom stereocenters. The molecule has 1 amide bonds. The number of carbonyl (C=O) groups excluding carboxylic acids is 1. The first-order chi connectivity index (χ1) is 9.01. The first-order valence-electron chi connectivity index (χ1n) is 5.76. The number of aliphatic hydroxyl groups is 2. The molecular formula is C11H20N2O6. The molecule has 0 aliphatic carbocycles. The number of hydrogen-bond donors (Lipinski definition) is 5. The number of nitrogens with one attached hydrogen (secondary N) is 2. The van der Waals surface area contributed by atoms with Crippen molar-refractivity contribution in [2.45, 2.75) is 25.3 Å². The molecule has 8 heteroatoms. The summed E-state index contributed by atoms with van der Waals surface area (Å²) in [4.78, 5) is 22.0. The van der Waals surface area contributed by atoms with Gasteiger partial charge in [-0.2, -0.15) is 0 Å². The van der Waals surface area contributed by atoms with Crippen molar-refractivity contribution in [1.29, 1.82) is 0 Å². The second kappa shape index (κ2) is 10.4. The van der Waals surface area contributed by atoms with E-state index in [0.29, 0.717) is 6.42 Å². The summed E-state index contributed by atoms with van der Waals surface area (Å²) < 4.78 is 4.49. The fourth-order valence-corrected chi connectivity index (χ4v) is 1.21. The summed E-state index contributed by atoms with van der Waals surface area (Å²) in [5, 5.41) is 31.3. The number of amides is 1. The van der Waals surface area contributed by atoms with E-state index in [9.17, 15) is 9.59 Å². The SMILES string of the molecule is COC(O)N[C@@H](CC/C=C/C(=O)NCCO)C(=O)O. The second-order valence-electron chi connectivity index (χ2n) is 3.64. The molecule has 0 saturated heterocycles. The highest BCUT2D eigenvalue weighted by molar-refractivity contribution is 5.87. The van der Waals surface area contributed by atoms with Crippen LogP contribution in [0.4, 0.5) is 0 Å². The molecule has 0 aromatic carbocycles. The topological polar surface area (TPSA) is 128 Å². The molecule has 0 aliphatic heterocycles. The molecule has 0 fully saturated rings. The number of carboxylic acid groups (broad SMARTS) is 1. The zero-order chi connectivity index (χ0) is 14.7. The number of aliphatic hydroxyl groups excluding tert-OH is 2. The van der Waals surface area contributed by atoms with Gasteiger partial charge in [0.25, 0.3) is 0 Å². The Balaban J connectivity index is 4.02. The maximum atomic E-state index is 11.1. The number of carboxylic acids is 1. The Morgan fingerprint density at radius 1 is 1.42 bits per heavy atom. The van der Waals surface area contributed by atoms with Crippen molar-refractivity contribution < 1.29 is 29.6 Å². The van der Waals surface area contributed by atoms with Gasteiger partial charge in [-0.3, -0.25) is 14.9 Å². The van der Waals surface area contributed by atoms with Gasteiger partial charge in [0.05, 0.1) is 6.61 Å². The standard InChI is InChI=1S/C11H20N2O6/c1-19-11(18)13-8(10(16)17)4-2-3-5-9(15)12-6-7-14/h3,5,8,11,13-14,18H,2,4,6-7H2,1H3,(H,12,15)(H,16,17)/b5-3+/t8-,11?/m0/s1. The Hall–Kier alpha value is -1.48. The van der Waals surface area contributed by atoms with Gasteiger partial charge in [0.1, 0.15) is 6.04 Å². The summed E-state index contributed by atoms with van der Waals surface area (Å²) in [5.74, 6) is -1.47. The minimum Gasteiger partial charge on any atom is -0.480 e. The van der Waals surface area contributed by atoms with E-state index in [0.717, 1.165) is 0 Å². The van der Waals surface area contributed by atoms with E-state index >= 15 is 0 Å². The maximum Gasteiger partial charge on any atom is 0.320 e. The number of allylic oxidation sites excluding steroid dienone is 1. The summed E-state index contributed by atoms with van der Waals surface area (Å²) in [7, 11) is 1.24. The molecule has 8 nitrogen and oxygen atoms in total. The van der Waals surface area contributed by atoms with E-state index in [2.05, 4.69) is 15.4 Å². The molecule has 0 saturated carbocycles. The minimum absolute atomic E-state index is 0.139. The third kappa shape index (κ3) is 9.14. The van der Waals surface area contributed by atoms with Crippen molar-refractivity contribution in [3.05, 3.63) is 12.2 Å². The van der Waals surface area contributed by atoms with Gasteiger partial charge in [0.15, 0.2) is 0 Å². The molecule has 5 N–H and O–H groups in total. The molecule has 110 valence electrons. The Labute approximate surface area is 111 Å². The lowest BCUT2D eigenvalue weighted by molar-refractivity contribution is -0.147. The summed E-state index contributed by atoms with van der Waals surface area (Å²) in [6.45, 7) is 0.0298. The van der Waals surface area contributed by atoms with E-state index in [-0.39, 0.29) is 25.5 Å². The molecule has 0 aromatic heterocycles. The van der Waals surface area contributed by atoms with Crippen molar-refractivity contribution in [3.63, 3.8) is 0 Å². The van der Waals surface area contributed by atoms with Crippen molar-refractivity contribution >= 4 is 11.9 Å². The third-order valence-electron chi connectivity index (χ3n) is 2.17. The average molecular weight is 276 g/mol. The van der Waals surface area contributed by atoms with Crippen LogP contribution in [0.1, 0.15) is 12.8 Å². The monoisotopic (exact) mass is 276 g/mol. The molecule has 0 radical (unpaired) electrons. The van der Waals surface area contributed by atoms with Crippen LogP contribution >= 0.6 is 0 Å². The highest BCUT2D eigenvalue weighted by atomic mass is 16.6. The van der Waals surface area contributed by atoms with Crippen molar-refractivity contribution in [3.8, 4) is 0 Å². The fraction of sp³-hybridized carbons (Fsp3) is 0.636. The Morgan fingerprint density at radius 3 is 2.63 bits per heavy atom. The average Bonchev–Trinajstić information content (AvgIpc) is 2.39. The first kappa shape index (κ1) is 17.5. The van der Waals surface area contributed by atoms with Crippen LogP contribution in [0.25, 0.3) is 0 Å². The largest absolute Gasteiger partial charge is 0.480 e. The highest BCUT2D eigenvalue weighted by Gasteiger charge is 2.19. The number of rotatable bonds is 10. The maximum absolute atomic E-state index is 11.1. The highest BCUT2D eigenvalue weighted by Crippen LogP contribution is 2.00. The molecule has 0 heterocycles. The third-order valence-corrected chi connectivity index (χ3v) is 2.17. The lowest BCUT2D eigenvalue weighted by atomic mass is 10.1. The Morgan fingerprint density at radius 2 is 2.11 bits per heavy atom. The van der Waals surface area contributed by atoms with Gasteiger partial charge in [-0.15, -0.1) is 0 Å². The molecule has 0 rings (SSSR count). The lowest BCUT2D eigenvalue weighted by Gasteiger charge is -2.17. The summed E-state index contributed by atoms with van der Waals surface area (Å²) in [5.41, 5.74) is 0. The number of aliphatic carboxylic acids is 1. The predicted octanol–water partition coefficient (Wildman–Crippen LogP) is -1.60. The quantitative estimate of drug-likeness (QED) is 0.240. The van der Waals surface area contributed by atoms with E-state index in [1.54, 1.807) is 0 Å². The molecule has 0 aromatic rings. The van der Waals surface area contributed by atoms with E-state index in [1.165, 1.54) is 19.3 Å². The predicted molar refractivity (Wildman–Crippen MR) is 66.0 cm³/mol. The molecule has 2 atom stereocenters. The van der Waals surface area contributed by atoms with E-state index in [4.69, 9.17) is 15.3 Å². The van der Waals surface area contributed by atoms with E-state index < -0.39 is 18.4 Å². The molecule has 0 bridgehead atoms. The molecule has 0 aliphatic rings. The summed E-state index contributed by atoms with van der Waals surface area (Å²) in [6, 6.07) is -0.972. The van der Waals surface area contributed by atoms with Gasteiger partial charge in [-0.05, 0) is 18.9 Å². The molecule has 19 heavy (non-hydrogen) atoms. The summed E-state index contributed by atoms with van der Waals surface area (Å²) in [6.07, 6.45) is 1.97. The molecule has 0 spiro atoms. The van der Waals surface area contributed by atoms with Crippen molar-refractivity contribution in [1.82, 2.24) is 10.6 Å². The number of hydrogen-bond acceptors (Lipinski definition) is 6. The van der Waals surface area contributed by atoms with E-state index in [1.807, 2.05) is 0 Å². The lowest BCUT2D eigenvalue weighted by Crippen LogP contribution is -2.44. The normalized spacial score (nSPS) is 14.3. The van der Waals surface area contributed by atoms with Crippen LogP contribution in [0.2, 0.25) is 0 Å². The molecular weight excluding hydrogens is 256 g/mol. The van der Waals surface area contributed by atoms with Gasteiger partial charge in [-0.1, -0.05) is 6.08 Å². The van der Waals surface area contributed by atoms with Crippen LogP contribution in [0.3, 0.4) is 0 Å². The van der Waals surface area contributed by atoms with Gasteiger partial charge < -0.3 is 25.4 Å². The zero-order valence-corrected chi connectivity index (χ0v) is 10.7. The summed E-state index contributed by atoms with van der Waals surface area (Å²) >= 11 is 0. The van der Waals surface area contributed by atoms with Crippen LogP contribution in [0.15, 0.2) is 12.2 Å².